The summed E-state index contributed by atoms with van der Waals surface area (Å²) in [5.41, 5.74) is 2.14. The van der Waals surface area contributed by atoms with E-state index in [0.29, 0.717) is 6.29 Å². The van der Waals surface area contributed by atoms with Gasteiger partial charge >= 0.3 is 5.97 Å². The molecule has 1 aromatic rings. The largest absolute Gasteiger partial charge is 0.478 e. The summed E-state index contributed by atoms with van der Waals surface area (Å²) in [5.74, 6) is -1.01. The van der Waals surface area contributed by atoms with E-state index < -0.39 is 5.97 Å². The van der Waals surface area contributed by atoms with Gasteiger partial charge in [-0.15, -0.1) is 0 Å². The summed E-state index contributed by atoms with van der Waals surface area (Å²) in [6.07, 6.45) is 4.26. The number of hydrogen-bond acceptors (Lipinski definition) is 2. The molecule has 2 rings (SSSR count). The molecule has 0 fully saturated rings. The molecule has 4 heteroatoms. The predicted molar refractivity (Wildman–Crippen MR) is 49.8 cm³/mol. The SMILES string of the molecule is O=Cc1[nH]c2c(c1C(=O)O)CCCC2. The number of carboxylic acids is 1. The summed E-state index contributed by atoms with van der Waals surface area (Å²) in [7, 11) is 0. The second-order valence-corrected chi connectivity index (χ2v) is 3.50. The van der Waals surface area contributed by atoms with E-state index >= 15 is 0 Å². The summed E-state index contributed by atoms with van der Waals surface area (Å²) in [6.45, 7) is 0. The minimum atomic E-state index is -1.01. The van der Waals surface area contributed by atoms with Crippen molar-refractivity contribution in [2.24, 2.45) is 0 Å². The lowest BCUT2D eigenvalue weighted by Crippen LogP contribution is -2.06. The number of carbonyl (C=O) groups is 2. The van der Waals surface area contributed by atoms with Crippen LogP contribution in [0.3, 0.4) is 0 Å². The number of hydrogen-bond donors (Lipinski definition) is 2. The van der Waals surface area contributed by atoms with E-state index in [0.717, 1.165) is 36.9 Å². The highest BCUT2D eigenvalue weighted by molar-refractivity contribution is 5.98. The average Bonchev–Trinajstić information content (AvgIpc) is 2.55. The molecule has 0 spiro atoms. The zero-order chi connectivity index (χ0) is 10.1. The van der Waals surface area contributed by atoms with Gasteiger partial charge in [0.05, 0.1) is 11.3 Å². The quantitative estimate of drug-likeness (QED) is 0.697. The Morgan fingerprint density at radius 3 is 2.71 bits per heavy atom. The Morgan fingerprint density at radius 2 is 2.07 bits per heavy atom. The van der Waals surface area contributed by atoms with Crippen LogP contribution in [0.1, 0.15) is 44.9 Å². The maximum absolute atomic E-state index is 10.9. The van der Waals surface area contributed by atoms with Gasteiger partial charge in [-0.3, -0.25) is 4.79 Å². The maximum Gasteiger partial charge on any atom is 0.338 e. The monoisotopic (exact) mass is 193 g/mol. The van der Waals surface area contributed by atoms with Crippen molar-refractivity contribution in [3.05, 3.63) is 22.5 Å². The van der Waals surface area contributed by atoms with E-state index in [1.165, 1.54) is 0 Å². The summed E-state index contributed by atoms with van der Waals surface area (Å²) in [5, 5.41) is 8.96. The highest BCUT2D eigenvalue weighted by Crippen LogP contribution is 2.26. The lowest BCUT2D eigenvalue weighted by molar-refractivity contribution is 0.0693. The number of carbonyl (C=O) groups excluding carboxylic acids is 1. The first-order valence-corrected chi connectivity index (χ1v) is 4.66. The van der Waals surface area contributed by atoms with E-state index in [-0.39, 0.29) is 11.3 Å². The molecule has 0 atom stereocenters. The van der Waals surface area contributed by atoms with Gasteiger partial charge in [0.25, 0.3) is 0 Å². The number of rotatable bonds is 2. The normalized spacial score (nSPS) is 14.9. The molecular formula is C10H11NO3. The number of aryl methyl sites for hydroxylation is 1. The van der Waals surface area contributed by atoms with Crippen LogP contribution in [0.15, 0.2) is 0 Å². The molecule has 1 heterocycles. The van der Waals surface area contributed by atoms with Crippen molar-refractivity contribution in [2.45, 2.75) is 25.7 Å². The molecule has 14 heavy (non-hydrogen) atoms. The Kier molecular flexibility index (Phi) is 2.11. The molecular weight excluding hydrogens is 182 g/mol. The fourth-order valence-corrected chi connectivity index (χ4v) is 2.04. The molecule has 0 radical (unpaired) electrons. The Hall–Kier alpha value is -1.58. The van der Waals surface area contributed by atoms with Crippen molar-refractivity contribution in [2.75, 3.05) is 0 Å². The van der Waals surface area contributed by atoms with Crippen LogP contribution in [0, 0.1) is 0 Å². The van der Waals surface area contributed by atoms with Crippen molar-refractivity contribution in [3.63, 3.8) is 0 Å². The molecule has 74 valence electrons. The van der Waals surface area contributed by atoms with Gasteiger partial charge in [0.15, 0.2) is 6.29 Å². The molecule has 0 bridgehead atoms. The Balaban J connectivity index is 2.58. The molecule has 0 aromatic carbocycles. The zero-order valence-electron chi connectivity index (χ0n) is 7.67. The van der Waals surface area contributed by atoms with Gasteiger partial charge in [-0.25, -0.2) is 4.79 Å². The van der Waals surface area contributed by atoms with Crippen LogP contribution in [0.4, 0.5) is 0 Å². The number of carboxylic acid groups (broad SMARTS) is 1. The molecule has 0 saturated heterocycles. The number of aromatic nitrogens is 1. The van der Waals surface area contributed by atoms with Crippen molar-refractivity contribution >= 4 is 12.3 Å². The zero-order valence-corrected chi connectivity index (χ0v) is 7.67. The molecule has 0 aliphatic heterocycles. The third-order valence-electron chi connectivity index (χ3n) is 2.66. The van der Waals surface area contributed by atoms with Crippen molar-refractivity contribution in [3.8, 4) is 0 Å². The number of aromatic amines is 1. The first kappa shape index (κ1) is 8.99. The fraction of sp³-hybridized carbons (Fsp3) is 0.400. The molecule has 0 saturated carbocycles. The minimum absolute atomic E-state index is 0.176. The van der Waals surface area contributed by atoms with Gasteiger partial charge in [0.2, 0.25) is 0 Å². The van der Waals surface area contributed by atoms with E-state index in [1.54, 1.807) is 0 Å². The molecule has 1 aliphatic carbocycles. The summed E-state index contributed by atoms with van der Waals surface area (Å²) in [4.78, 5) is 24.5. The summed E-state index contributed by atoms with van der Waals surface area (Å²) in [6, 6.07) is 0. The van der Waals surface area contributed by atoms with Crippen LogP contribution in [0.2, 0.25) is 0 Å². The third-order valence-corrected chi connectivity index (χ3v) is 2.66. The first-order chi connectivity index (χ1) is 6.74. The maximum atomic E-state index is 10.9. The number of fused-ring (bicyclic) bond motifs is 1. The third kappa shape index (κ3) is 1.23. The van der Waals surface area contributed by atoms with Crippen LogP contribution < -0.4 is 0 Å². The Morgan fingerprint density at radius 1 is 1.36 bits per heavy atom. The fourth-order valence-electron chi connectivity index (χ4n) is 2.04. The Bertz CT molecular complexity index is 392. The number of aldehydes is 1. The molecule has 2 N–H and O–H groups in total. The lowest BCUT2D eigenvalue weighted by Gasteiger charge is -2.10. The van der Waals surface area contributed by atoms with Gasteiger partial charge in [0.1, 0.15) is 0 Å². The Labute approximate surface area is 80.9 Å². The van der Waals surface area contributed by atoms with Gasteiger partial charge in [0, 0.05) is 5.69 Å². The summed E-state index contributed by atoms with van der Waals surface area (Å²) >= 11 is 0. The van der Waals surface area contributed by atoms with Crippen molar-refractivity contribution in [1.29, 1.82) is 0 Å². The van der Waals surface area contributed by atoms with E-state index in [1.807, 2.05) is 0 Å². The average molecular weight is 193 g/mol. The highest BCUT2D eigenvalue weighted by atomic mass is 16.4. The van der Waals surface area contributed by atoms with Gasteiger partial charge in [-0.05, 0) is 31.2 Å². The van der Waals surface area contributed by atoms with Crippen molar-refractivity contribution < 1.29 is 14.7 Å². The van der Waals surface area contributed by atoms with Crippen LogP contribution in [-0.2, 0) is 12.8 Å². The van der Waals surface area contributed by atoms with Crippen LogP contribution in [-0.4, -0.2) is 22.3 Å². The molecule has 4 nitrogen and oxygen atoms in total. The lowest BCUT2D eigenvalue weighted by atomic mass is 9.94. The first-order valence-electron chi connectivity index (χ1n) is 4.66. The molecule has 1 aliphatic rings. The number of aromatic carboxylic acids is 1. The molecule has 0 unspecified atom stereocenters. The van der Waals surface area contributed by atoms with Crippen LogP contribution in [0.5, 0.6) is 0 Å². The predicted octanol–water partition coefficient (Wildman–Crippen LogP) is 1.40. The van der Waals surface area contributed by atoms with Crippen molar-refractivity contribution in [1.82, 2.24) is 4.98 Å². The van der Waals surface area contributed by atoms with Gasteiger partial charge in [-0.2, -0.15) is 0 Å². The van der Waals surface area contributed by atoms with Crippen LogP contribution >= 0.6 is 0 Å². The number of nitrogens with one attached hydrogen (secondary N) is 1. The molecule has 1 aromatic heterocycles. The smallest absolute Gasteiger partial charge is 0.338 e. The van der Waals surface area contributed by atoms with E-state index in [9.17, 15) is 9.59 Å². The molecule has 0 amide bonds. The topological polar surface area (TPSA) is 70.2 Å². The van der Waals surface area contributed by atoms with Crippen LogP contribution in [0.25, 0.3) is 0 Å². The standard InChI is InChI=1S/C10H11NO3/c12-5-8-9(10(13)14)6-3-1-2-4-7(6)11-8/h5,11H,1-4H2,(H,13,14). The highest BCUT2D eigenvalue weighted by Gasteiger charge is 2.23. The second-order valence-electron chi connectivity index (χ2n) is 3.50. The van der Waals surface area contributed by atoms with E-state index in [2.05, 4.69) is 4.98 Å². The van der Waals surface area contributed by atoms with E-state index in [4.69, 9.17) is 5.11 Å². The number of H-pyrrole nitrogens is 1. The van der Waals surface area contributed by atoms with Gasteiger partial charge in [-0.1, -0.05) is 0 Å². The minimum Gasteiger partial charge on any atom is -0.478 e. The van der Waals surface area contributed by atoms with Gasteiger partial charge < -0.3 is 10.1 Å². The second kappa shape index (κ2) is 3.29. The summed E-state index contributed by atoms with van der Waals surface area (Å²) < 4.78 is 0.